The highest BCUT2D eigenvalue weighted by Gasteiger charge is 2.09. The maximum Gasteiger partial charge on any atom is 0.222 e. The van der Waals surface area contributed by atoms with Gasteiger partial charge in [0.2, 0.25) is 5.91 Å². The van der Waals surface area contributed by atoms with Gasteiger partial charge < -0.3 is 5.32 Å². The van der Waals surface area contributed by atoms with Gasteiger partial charge in [0.25, 0.3) is 0 Å². The fraction of sp³-hybridized carbons (Fsp3) is 0.889. The fourth-order valence-electron chi connectivity index (χ4n) is 0.865. The highest BCUT2D eigenvalue weighted by atomic mass is 35.5. The molecule has 2 nitrogen and oxygen atoms in total. The van der Waals surface area contributed by atoms with Gasteiger partial charge >= 0.3 is 0 Å². The smallest absolute Gasteiger partial charge is 0.222 e. The Hall–Kier alpha value is -0.240. The van der Waals surface area contributed by atoms with Crippen molar-refractivity contribution in [3.8, 4) is 0 Å². The maximum atomic E-state index is 11.2. The molecule has 1 amide bonds. The van der Waals surface area contributed by atoms with Crippen molar-refractivity contribution in [1.29, 1.82) is 0 Å². The van der Waals surface area contributed by atoms with Gasteiger partial charge in [-0.1, -0.05) is 13.8 Å². The first-order valence-corrected chi connectivity index (χ1v) is 4.97. The average molecular weight is 192 g/mol. The van der Waals surface area contributed by atoms with E-state index in [1.165, 1.54) is 0 Å². The van der Waals surface area contributed by atoms with Crippen LogP contribution in [0.1, 0.15) is 33.6 Å². The molecule has 1 atom stereocenters. The van der Waals surface area contributed by atoms with Crippen LogP contribution in [0.15, 0.2) is 0 Å². The molecule has 1 unspecified atom stereocenters. The van der Waals surface area contributed by atoms with Crippen LogP contribution in [0.5, 0.6) is 0 Å². The van der Waals surface area contributed by atoms with E-state index in [-0.39, 0.29) is 17.9 Å². The number of halogens is 1. The van der Waals surface area contributed by atoms with Gasteiger partial charge in [0.1, 0.15) is 0 Å². The maximum absolute atomic E-state index is 11.2. The third kappa shape index (κ3) is 5.42. The number of nitrogens with one attached hydrogen (secondary N) is 1. The van der Waals surface area contributed by atoms with Gasteiger partial charge in [-0.2, -0.15) is 0 Å². The standard InChI is InChI=1S/C9H18ClNO/c1-7(2)9(12)11-8(3)5-4-6-10/h7-8H,4-6H2,1-3H3,(H,11,12). The normalized spacial score (nSPS) is 13.1. The van der Waals surface area contributed by atoms with Crippen LogP contribution >= 0.6 is 11.6 Å². The molecule has 0 fully saturated rings. The van der Waals surface area contributed by atoms with E-state index in [4.69, 9.17) is 11.6 Å². The molecule has 3 heteroatoms. The molecule has 0 bridgehead atoms. The van der Waals surface area contributed by atoms with Crippen molar-refractivity contribution in [3.63, 3.8) is 0 Å². The van der Waals surface area contributed by atoms with Crippen LogP contribution in [-0.2, 0) is 4.79 Å². The van der Waals surface area contributed by atoms with Gasteiger partial charge in [0, 0.05) is 17.8 Å². The Kier molecular flexibility index (Phi) is 6.17. The van der Waals surface area contributed by atoms with Crippen molar-refractivity contribution in [2.75, 3.05) is 5.88 Å². The summed E-state index contributed by atoms with van der Waals surface area (Å²) in [5.41, 5.74) is 0. The fourth-order valence-corrected chi connectivity index (χ4v) is 1.02. The summed E-state index contributed by atoms with van der Waals surface area (Å²) in [7, 11) is 0. The Labute approximate surface area is 79.7 Å². The van der Waals surface area contributed by atoms with E-state index >= 15 is 0 Å². The molecule has 0 saturated heterocycles. The van der Waals surface area contributed by atoms with Crippen molar-refractivity contribution in [2.45, 2.75) is 39.7 Å². The zero-order chi connectivity index (χ0) is 9.56. The summed E-state index contributed by atoms with van der Waals surface area (Å²) < 4.78 is 0. The van der Waals surface area contributed by atoms with Crippen LogP contribution in [0.25, 0.3) is 0 Å². The van der Waals surface area contributed by atoms with Crippen molar-refractivity contribution in [1.82, 2.24) is 5.32 Å². The summed E-state index contributed by atoms with van der Waals surface area (Å²) in [5.74, 6) is 0.863. The molecule has 0 aromatic carbocycles. The molecule has 0 aromatic rings. The monoisotopic (exact) mass is 191 g/mol. The lowest BCUT2D eigenvalue weighted by molar-refractivity contribution is -0.124. The molecule has 0 rings (SSSR count). The largest absolute Gasteiger partial charge is 0.353 e. The minimum absolute atomic E-state index is 0.0726. The summed E-state index contributed by atoms with van der Waals surface area (Å²) >= 11 is 5.53. The molecule has 0 aliphatic heterocycles. The van der Waals surface area contributed by atoms with E-state index in [9.17, 15) is 4.79 Å². The highest BCUT2D eigenvalue weighted by molar-refractivity contribution is 6.17. The van der Waals surface area contributed by atoms with Crippen LogP contribution in [0, 0.1) is 5.92 Å². The second-order valence-corrected chi connectivity index (χ2v) is 3.77. The van der Waals surface area contributed by atoms with E-state index in [1.807, 2.05) is 20.8 Å². The summed E-state index contributed by atoms with van der Waals surface area (Å²) in [6.07, 6.45) is 1.92. The van der Waals surface area contributed by atoms with Gasteiger partial charge in [0.15, 0.2) is 0 Å². The van der Waals surface area contributed by atoms with Gasteiger partial charge in [-0.05, 0) is 19.8 Å². The molecule has 0 aliphatic carbocycles. The number of alkyl halides is 1. The molecule has 0 radical (unpaired) electrons. The number of carbonyl (C=O) groups is 1. The Morgan fingerprint density at radius 1 is 1.42 bits per heavy atom. The number of hydrogen-bond acceptors (Lipinski definition) is 1. The Morgan fingerprint density at radius 2 is 2.00 bits per heavy atom. The predicted molar refractivity (Wildman–Crippen MR) is 52.4 cm³/mol. The first-order chi connectivity index (χ1) is 5.57. The minimum atomic E-state index is 0.0726. The van der Waals surface area contributed by atoms with Crippen molar-refractivity contribution >= 4 is 17.5 Å². The number of rotatable bonds is 5. The van der Waals surface area contributed by atoms with Crippen LogP contribution in [0.2, 0.25) is 0 Å². The predicted octanol–water partition coefficient (Wildman–Crippen LogP) is 2.17. The number of carbonyl (C=O) groups excluding carboxylic acids is 1. The lowest BCUT2D eigenvalue weighted by Crippen LogP contribution is -2.35. The molecule has 1 N–H and O–H groups in total. The Balaban J connectivity index is 3.54. The zero-order valence-electron chi connectivity index (χ0n) is 8.06. The van der Waals surface area contributed by atoms with Crippen molar-refractivity contribution in [3.05, 3.63) is 0 Å². The molecule has 0 spiro atoms. The molecular formula is C9H18ClNO. The summed E-state index contributed by atoms with van der Waals surface area (Å²) in [4.78, 5) is 11.2. The van der Waals surface area contributed by atoms with Gasteiger partial charge in [-0.3, -0.25) is 4.79 Å². The second kappa shape index (κ2) is 6.30. The molecular weight excluding hydrogens is 174 g/mol. The molecule has 0 aliphatic rings. The van der Waals surface area contributed by atoms with E-state index in [0.717, 1.165) is 12.8 Å². The first kappa shape index (κ1) is 11.8. The topological polar surface area (TPSA) is 29.1 Å². The zero-order valence-corrected chi connectivity index (χ0v) is 8.82. The SMILES string of the molecule is CC(CCCCl)NC(=O)C(C)C. The third-order valence-corrected chi connectivity index (χ3v) is 1.95. The van der Waals surface area contributed by atoms with E-state index in [2.05, 4.69) is 5.32 Å². The van der Waals surface area contributed by atoms with Gasteiger partial charge in [-0.25, -0.2) is 0 Å². The van der Waals surface area contributed by atoms with Crippen LogP contribution in [0.3, 0.4) is 0 Å². The van der Waals surface area contributed by atoms with Crippen molar-refractivity contribution < 1.29 is 4.79 Å². The van der Waals surface area contributed by atoms with Crippen molar-refractivity contribution in [2.24, 2.45) is 5.92 Å². The first-order valence-electron chi connectivity index (χ1n) is 4.44. The van der Waals surface area contributed by atoms with Crippen LogP contribution in [0.4, 0.5) is 0 Å². The summed E-state index contributed by atoms with van der Waals surface area (Å²) in [6.45, 7) is 5.79. The quantitative estimate of drug-likeness (QED) is 0.664. The lowest BCUT2D eigenvalue weighted by Gasteiger charge is -2.14. The molecule has 0 aromatic heterocycles. The van der Waals surface area contributed by atoms with Crippen LogP contribution in [-0.4, -0.2) is 17.8 Å². The molecule has 0 heterocycles. The van der Waals surface area contributed by atoms with Gasteiger partial charge in [-0.15, -0.1) is 11.6 Å². The van der Waals surface area contributed by atoms with Crippen LogP contribution < -0.4 is 5.32 Å². The van der Waals surface area contributed by atoms with E-state index in [0.29, 0.717) is 5.88 Å². The summed E-state index contributed by atoms with van der Waals surface area (Å²) in [6, 6.07) is 0.249. The number of hydrogen-bond donors (Lipinski definition) is 1. The Bertz CT molecular complexity index is 136. The lowest BCUT2D eigenvalue weighted by atomic mass is 10.1. The van der Waals surface area contributed by atoms with E-state index in [1.54, 1.807) is 0 Å². The average Bonchev–Trinajstić information content (AvgIpc) is 2.00. The Morgan fingerprint density at radius 3 is 2.42 bits per heavy atom. The third-order valence-electron chi connectivity index (χ3n) is 1.68. The second-order valence-electron chi connectivity index (χ2n) is 3.40. The molecule has 72 valence electrons. The highest BCUT2D eigenvalue weighted by Crippen LogP contribution is 2.00. The summed E-state index contributed by atoms with van der Waals surface area (Å²) in [5, 5.41) is 2.92. The number of amides is 1. The molecule has 0 saturated carbocycles. The van der Waals surface area contributed by atoms with Gasteiger partial charge in [0.05, 0.1) is 0 Å². The van der Waals surface area contributed by atoms with E-state index < -0.39 is 0 Å². The minimum Gasteiger partial charge on any atom is -0.353 e. The molecule has 12 heavy (non-hydrogen) atoms.